The minimum absolute atomic E-state index is 0.0598. The lowest BCUT2D eigenvalue weighted by Crippen LogP contribution is -2.45. The molecule has 0 aromatic heterocycles. The van der Waals surface area contributed by atoms with Crippen LogP contribution in [0.1, 0.15) is 25.3 Å². The molecule has 1 saturated heterocycles. The van der Waals surface area contributed by atoms with Gasteiger partial charge in [0.1, 0.15) is 5.82 Å². The van der Waals surface area contributed by atoms with E-state index >= 15 is 0 Å². The molecule has 2 amide bonds. The minimum atomic E-state index is -0.357. The van der Waals surface area contributed by atoms with Gasteiger partial charge in [0, 0.05) is 19.6 Å². The van der Waals surface area contributed by atoms with Crippen molar-refractivity contribution >= 4 is 12.0 Å². The van der Waals surface area contributed by atoms with E-state index in [0.717, 1.165) is 18.4 Å². The summed E-state index contributed by atoms with van der Waals surface area (Å²) >= 11 is 0. The fourth-order valence-corrected chi connectivity index (χ4v) is 2.74. The highest BCUT2D eigenvalue weighted by molar-refractivity contribution is 5.80. The van der Waals surface area contributed by atoms with E-state index in [1.807, 2.05) is 6.07 Å². The first-order chi connectivity index (χ1) is 11.1. The number of nitrogens with zero attached hydrogens (tertiary/aromatic N) is 1. The predicted octanol–water partition coefficient (Wildman–Crippen LogP) is 2.35. The van der Waals surface area contributed by atoms with Crippen molar-refractivity contribution < 1.29 is 18.7 Å². The van der Waals surface area contributed by atoms with Gasteiger partial charge in [-0.25, -0.2) is 9.18 Å². The van der Waals surface area contributed by atoms with E-state index in [1.54, 1.807) is 17.9 Å². The molecule has 1 aliphatic rings. The summed E-state index contributed by atoms with van der Waals surface area (Å²) in [6.07, 6.45) is 1.78. The van der Waals surface area contributed by atoms with Gasteiger partial charge in [-0.3, -0.25) is 4.79 Å². The molecule has 0 radical (unpaired) electrons. The Kier molecular flexibility index (Phi) is 6.38. The van der Waals surface area contributed by atoms with E-state index in [4.69, 9.17) is 4.74 Å². The number of carbonyl (C=O) groups excluding carboxylic acids is 2. The predicted molar refractivity (Wildman–Crippen MR) is 84.4 cm³/mol. The Hall–Kier alpha value is -2.11. The Labute approximate surface area is 135 Å². The summed E-state index contributed by atoms with van der Waals surface area (Å²) in [7, 11) is 0. The van der Waals surface area contributed by atoms with Gasteiger partial charge in [-0.15, -0.1) is 0 Å². The minimum Gasteiger partial charge on any atom is -0.450 e. The zero-order valence-corrected chi connectivity index (χ0v) is 13.4. The molecule has 1 aromatic rings. The van der Waals surface area contributed by atoms with Crippen LogP contribution in [0.2, 0.25) is 0 Å². The number of rotatable bonds is 5. The first-order valence-corrected chi connectivity index (χ1v) is 8.04. The van der Waals surface area contributed by atoms with E-state index in [1.165, 1.54) is 12.1 Å². The second-order valence-electron chi connectivity index (χ2n) is 5.66. The number of piperidine rings is 1. The van der Waals surface area contributed by atoms with Gasteiger partial charge in [0.15, 0.2) is 0 Å². The molecule has 126 valence electrons. The van der Waals surface area contributed by atoms with Crippen molar-refractivity contribution in [2.45, 2.75) is 26.2 Å². The average molecular weight is 322 g/mol. The standard InChI is InChI=1S/C17H23FN2O3/c1-2-23-17(22)20-10-4-6-14(12-20)16(21)19-9-8-13-5-3-7-15(18)11-13/h3,5,7,11,14H,2,4,6,8-10,12H2,1H3,(H,19,21). The molecule has 1 heterocycles. The monoisotopic (exact) mass is 322 g/mol. The average Bonchev–Trinajstić information content (AvgIpc) is 2.55. The summed E-state index contributed by atoms with van der Waals surface area (Å²) in [6, 6.07) is 6.35. The van der Waals surface area contributed by atoms with Crippen LogP contribution in [0.15, 0.2) is 24.3 Å². The van der Waals surface area contributed by atoms with Gasteiger partial charge in [-0.1, -0.05) is 12.1 Å². The molecule has 1 N–H and O–H groups in total. The summed E-state index contributed by atoms with van der Waals surface area (Å²) in [5.74, 6) is -0.540. The Morgan fingerprint density at radius 1 is 1.43 bits per heavy atom. The van der Waals surface area contributed by atoms with Gasteiger partial charge in [-0.2, -0.15) is 0 Å². The zero-order chi connectivity index (χ0) is 16.7. The number of nitrogens with one attached hydrogen (secondary N) is 1. The van der Waals surface area contributed by atoms with Gasteiger partial charge in [0.2, 0.25) is 5.91 Å². The normalized spacial score (nSPS) is 17.7. The lowest BCUT2D eigenvalue weighted by Gasteiger charge is -2.31. The summed E-state index contributed by atoms with van der Waals surface area (Å²) in [5, 5.41) is 2.87. The highest BCUT2D eigenvalue weighted by atomic mass is 19.1. The molecule has 1 aliphatic heterocycles. The van der Waals surface area contributed by atoms with Crippen LogP contribution < -0.4 is 5.32 Å². The highest BCUT2D eigenvalue weighted by Gasteiger charge is 2.28. The number of ether oxygens (including phenoxy) is 1. The van der Waals surface area contributed by atoms with Crippen molar-refractivity contribution in [2.24, 2.45) is 5.92 Å². The molecule has 0 saturated carbocycles. The molecule has 0 bridgehead atoms. The third-order valence-corrected chi connectivity index (χ3v) is 3.92. The third-order valence-electron chi connectivity index (χ3n) is 3.92. The number of halogens is 1. The summed E-state index contributed by atoms with van der Waals surface area (Å²) < 4.78 is 18.1. The smallest absolute Gasteiger partial charge is 0.409 e. The second-order valence-corrected chi connectivity index (χ2v) is 5.66. The fourth-order valence-electron chi connectivity index (χ4n) is 2.74. The molecule has 2 rings (SSSR count). The molecular formula is C17H23FN2O3. The molecule has 1 atom stereocenters. The quantitative estimate of drug-likeness (QED) is 0.905. The van der Waals surface area contributed by atoms with Crippen molar-refractivity contribution in [3.63, 3.8) is 0 Å². The van der Waals surface area contributed by atoms with E-state index in [-0.39, 0.29) is 23.7 Å². The van der Waals surface area contributed by atoms with Crippen molar-refractivity contribution in [2.75, 3.05) is 26.2 Å². The first-order valence-electron chi connectivity index (χ1n) is 8.04. The number of likely N-dealkylation sites (tertiary alicyclic amines) is 1. The molecule has 0 aliphatic carbocycles. The molecule has 1 fully saturated rings. The van der Waals surface area contributed by atoms with E-state index in [0.29, 0.717) is 32.7 Å². The number of carbonyl (C=O) groups is 2. The van der Waals surface area contributed by atoms with E-state index in [9.17, 15) is 14.0 Å². The van der Waals surface area contributed by atoms with Crippen molar-refractivity contribution in [3.05, 3.63) is 35.6 Å². The van der Waals surface area contributed by atoms with Crippen LogP contribution in [0.4, 0.5) is 9.18 Å². The lowest BCUT2D eigenvalue weighted by molar-refractivity contribution is -0.126. The summed E-state index contributed by atoms with van der Waals surface area (Å²) in [5.41, 5.74) is 0.849. The third kappa shape index (κ3) is 5.23. The second kappa shape index (κ2) is 8.50. The maximum Gasteiger partial charge on any atom is 0.409 e. The lowest BCUT2D eigenvalue weighted by atomic mass is 9.97. The maximum atomic E-state index is 13.1. The van der Waals surface area contributed by atoms with Crippen molar-refractivity contribution in [3.8, 4) is 0 Å². The van der Waals surface area contributed by atoms with Gasteiger partial charge in [0.05, 0.1) is 12.5 Å². The van der Waals surface area contributed by atoms with Crippen LogP contribution in [0.5, 0.6) is 0 Å². The highest BCUT2D eigenvalue weighted by Crippen LogP contribution is 2.17. The number of hydrogen-bond acceptors (Lipinski definition) is 3. The van der Waals surface area contributed by atoms with Crippen LogP contribution >= 0.6 is 0 Å². The molecule has 5 nitrogen and oxygen atoms in total. The molecule has 1 unspecified atom stereocenters. The Balaban J connectivity index is 1.77. The van der Waals surface area contributed by atoms with Crippen LogP contribution in [0.3, 0.4) is 0 Å². The Bertz CT molecular complexity index is 550. The van der Waals surface area contributed by atoms with E-state index < -0.39 is 0 Å². The molecular weight excluding hydrogens is 299 g/mol. The van der Waals surface area contributed by atoms with Crippen LogP contribution in [-0.4, -0.2) is 43.1 Å². The fraction of sp³-hybridized carbons (Fsp3) is 0.529. The molecule has 6 heteroatoms. The summed E-state index contributed by atoms with van der Waals surface area (Å²) in [6.45, 7) is 3.58. The van der Waals surface area contributed by atoms with Crippen LogP contribution in [0.25, 0.3) is 0 Å². The number of benzene rings is 1. The molecule has 0 spiro atoms. The Morgan fingerprint density at radius 2 is 2.26 bits per heavy atom. The zero-order valence-electron chi connectivity index (χ0n) is 13.4. The van der Waals surface area contributed by atoms with Crippen LogP contribution in [-0.2, 0) is 16.0 Å². The largest absolute Gasteiger partial charge is 0.450 e. The number of hydrogen-bond donors (Lipinski definition) is 1. The van der Waals surface area contributed by atoms with Gasteiger partial charge in [-0.05, 0) is 43.9 Å². The first kappa shape index (κ1) is 17.2. The topological polar surface area (TPSA) is 58.6 Å². The van der Waals surface area contributed by atoms with Gasteiger partial charge in [0.25, 0.3) is 0 Å². The van der Waals surface area contributed by atoms with Gasteiger partial charge >= 0.3 is 6.09 Å². The molecule has 23 heavy (non-hydrogen) atoms. The van der Waals surface area contributed by atoms with E-state index in [2.05, 4.69) is 5.32 Å². The Morgan fingerprint density at radius 3 is 3.00 bits per heavy atom. The summed E-state index contributed by atoms with van der Waals surface area (Å²) in [4.78, 5) is 25.5. The van der Waals surface area contributed by atoms with Crippen molar-refractivity contribution in [1.29, 1.82) is 0 Å². The maximum absolute atomic E-state index is 13.1. The number of amides is 2. The van der Waals surface area contributed by atoms with Gasteiger partial charge < -0.3 is 15.0 Å². The molecule has 1 aromatic carbocycles. The van der Waals surface area contributed by atoms with Crippen LogP contribution in [0, 0.1) is 11.7 Å². The SMILES string of the molecule is CCOC(=O)N1CCCC(C(=O)NCCc2cccc(F)c2)C1. The van der Waals surface area contributed by atoms with Crippen molar-refractivity contribution in [1.82, 2.24) is 10.2 Å².